The maximum atomic E-state index is 7.00. The summed E-state index contributed by atoms with van der Waals surface area (Å²) in [6.45, 7) is 2.05. The van der Waals surface area contributed by atoms with Crippen molar-refractivity contribution < 1.29 is 9.84 Å². The van der Waals surface area contributed by atoms with Crippen LogP contribution in [-0.4, -0.2) is 24.5 Å². The molecule has 0 aliphatic carbocycles. The first-order chi connectivity index (χ1) is 4.29. The zero-order valence-electron chi connectivity index (χ0n) is 6.00. The molecule has 3 heteroatoms. The van der Waals surface area contributed by atoms with Gasteiger partial charge in [0, 0.05) is 7.11 Å². The average molecular weight is 133 g/mol. The molecule has 0 spiro atoms. The van der Waals surface area contributed by atoms with Gasteiger partial charge in [-0.2, -0.15) is 0 Å². The normalized spacial score (nSPS) is 33.3. The van der Waals surface area contributed by atoms with Crippen LogP contribution in [0, 0.1) is 0 Å². The monoisotopic (exact) mass is 133 g/mol. The number of rotatable bonds is 0. The Balaban J connectivity index is 0.000000291. The molecular formula is C6H15NO2. The molecule has 0 amide bonds. The number of aliphatic hydroxyl groups is 1. The van der Waals surface area contributed by atoms with E-state index in [0.29, 0.717) is 6.10 Å². The molecule has 1 saturated heterocycles. The van der Waals surface area contributed by atoms with Crippen LogP contribution in [0.4, 0.5) is 0 Å². The first-order valence-electron chi connectivity index (χ1n) is 3.15. The van der Waals surface area contributed by atoms with E-state index in [1.54, 1.807) is 0 Å². The zero-order chi connectivity index (χ0) is 7.28. The Bertz CT molecular complexity index is 60.1. The molecule has 1 aliphatic heterocycles. The van der Waals surface area contributed by atoms with Crippen LogP contribution < -0.4 is 5.73 Å². The summed E-state index contributed by atoms with van der Waals surface area (Å²) in [6.07, 6.45) is 2.58. The van der Waals surface area contributed by atoms with Crippen molar-refractivity contribution in [3.05, 3.63) is 0 Å². The molecule has 0 radical (unpaired) electrons. The van der Waals surface area contributed by atoms with Crippen LogP contribution in [0.1, 0.15) is 19.8 Å². The van der Waals surface area contributed by atoms with Crippen LogP contribution in [0.25, 0.3) is 0 Å². The van der Waals surface area contributed by atoms with Crippen molar-refractivity contribution in [2.45, 2.75) is 32.1 Å². The number of aliphatic hydroxyl groups excluding tert-OH is 1. The molecule has 3 nitrogen and oxygen atoms in total. The Morgan fingerprint density at radius 3 is 2.11 bits per heavy atom. The average Bonchev–Trinajstić information content (AvgIpc) is 2.20. The van der Waals surface area contributed by atoms with Crippen LogP contribution in [0.2, 0.25) is 0 Å². The lowest BCUT2D eigenvalue weighted by molar-refractivity contribution is 0.0601. The van der Waals surface area contributed by atoms with Crippen molar-refractivity contribution in [1.82, 2.24) is 0 Å². The van der Waals surface area contributed by atoms with E-state index in [0.717, 1.165) is 20.0 Å². The Morgan fingerprint density at radius 2 is 2.00 bits per heavy atom. The minimum Gasteiger partial charge on any atom is -0.400 e. The van der Waals surface area contributed by atoms with Crippen molar-refractivity contribution in [2.24, 2.45) is 5.73 Å². The Labute approximate surface area is 55.8 Å². The van der Waals surface area contributed by atoms with E-state index >= 15 is 0 Å². The highest BCUT2D eigenvalue weighted by Crippen LogP contribution is 2.14. The lowest BCUT2D eigenvalue weighted by atomic mass is 10.2. The molecule has 3 N–H and O–H groups in total. The zero-order valence-corrected chi connectivity index (χ0v) is 6.00. The smallest absolute Gasteiger partial charge is 0.106 e. The fourth-order valence-electron chi connectivity index (χ4n) is 0.833. The van der Waals surface area contributed by atoms with E-state index < -0.39 is 0 Å². The third kappa shape index (κ3) is 3.46. The summed E-state index contributed by atoms with van der Waals surface area (Å²) in [4.78, 5) is 0. The molecule has 1 heterocycles. The van der Waals surface area contributed by atoms with E-state index in [-0.39, 0.29) is 6.23 Å². The standard InChI is InChI=1S/C5H11NO.CH4O/c1-4-2-3-5(6)7-4;1-2/h4-5H,2-3,6H2,1H3;2H,1H3/t4-,5?;/m1./s1. The van der Waals surface area contributed by atoms with Gasteiger partial charge in [0.2, 0.25) is 0 Å². The fraction of sp³-hybridized carbons (Fsp3) is 1.00. The summed E-state index contributed by atoms with van der Waals surface area (Å²) in [7, 11) is 1.00. The quantitative estimate of drug-likeness (QED) is 0.492. The Kier molecular flexibility index (Phi) is 4.67. The van der Waals surface area contributed by atoms with E-state index in [2.05, 4.69) is 0 Å². The first kappa shape index (κ1) is 8.88. The minimum absolute atomic E-state index is 0.0231. The molecule has 1 aliphatic rings. The van der Waals surface area contributed by atoms with Gasteiger partial charge < -0.3 is 15.6 Å². The van der Waals surface area contributed by atoms with Crippen molar-refractivity contribution in [3.8, 4) is 0 Å². The fourth-order valence-corrected chi connectivity index (χ4v) is 0.833. The van der Waals surface area contributed by atoms with Crippen LogP contribution in [0.5, 0.6) is 0 Å². The molecule has 0 aromatic heterocycles. The molecule has 0 aromatic carbocycles. The van der Waals surface area contributed by atoms with E-state index in [1.807, 2.05) is 6.92 Å². The second kappa shape index (κ2) is 4.73. The predicted molar refractivity (Wildman–Crippen MR) is 35.9 cm³/mol. The summed E-state index contributed by atoms with van der Waals surface area (Å²) in [5, 5.41) is 7.00. The summed E-state index contributed by atoms with van der Waals surface area (Å²) in [6, 6.07) is 0. The van der Waals surface area contributed by atoms with Gasteiger partial charge in [0.15, 0.2) is 0 Å². The molecule has 1 rings (SSSR count). The van der Waals surface area contributed by atoms with Gasteiger partial charge in [-0.15, -0.1) is 0 Å². The predicted octanol–water partition coefficient (Wildman–Crippen LogP) is 0.0786. The van der Waals surface area contributed by atoms with E-state index in [9.17, 15) is 0 Å². The van der Waals surface area contributed by atoms with Crippen molar-refractivity contribution in [2.75, 3.05) is 7.11 Å². The molecule has 0 saturated carbocycles. The molecule has 56 valence electrons. The van der Waals surface area contributed by atoms with Gasteiger partial charge in [-0.05, 0) is 19.8 Å². The molecule has 1 unspecified atom stereocenters. The van der Waals surface area contributed by atoms with Crippen LogP contribution in [-0.2, 0) is 4.74 Å². The number of hydrogen-bond acceptors (Lipinski definition) is 3. The third-order valence-corrected chi connectivity index (χ3v) is 1.26. The summed E-state index contributed by atoms with van der Waals surface area (Å²) < 4.78 is 5.14. The van der Waals surface area contributed by atoms with Crippen LogP contribution >= 0.6 is 0 Å². The Morgan fingerprint density at radius 1 is 1.44 bits per heavy atom. The third-order valence-electron chi connectivity index (χ3n) is 1.26. The number of hydrogen-bond donors (Lipinski definition) is 2. The van der Waals surface area contributed by atoms with Gasteiger partial charge in [-0.25, -0.2) is 0 Å². The van der Waals surface area contributed by atoms with Crippen LogP contribution in [0.3, 0.4) is 0 Å². The molecular weight excluding hydrogens is 118 g/mol. The largest absolute Gasteiger partial charge is 0.400 e. The summed E-state index contributed by atoms with van der Waals surface area (Å²) in [5.41, 5.74) is 5.40. The Hall–Kier alpha value is -0.120. The van der Waals surface area contributed by atoms with Gasteiger partial charge in [0.1, 0.15) is 6.23 Å². The SMILES string of the molecule is CO.C[C@@H]1CCC(N)O1. The second-order valence-electron chi connectivity index (χ2n) is 2.06. The highest BCUT2D eigenvalue weighted by molar-refractivity contribution is 4.63. The number of nitrogens with two attached hydrogens (primary N) is 1. The molecule has 1 fully saturated rings. The molecule has 0 bridgehead atoms. The topological polar surface area (TPSA) is 55.5 Å². The van der Waals surface area contributed by atoms with Gasteiger partial charge in [-0.1, -0.05) is 0 Å². The van der Waals surface area contributed by atoms with E-state index in [1.165, 1.54) is 0 Å². The molecule has 0 aromatic rings. The van der Waals surface area contributed by atoms with Crippen molar-refractivity contribution in [3.63, 3.8) is 0 Å². The second-order valence-corrected chi connectivity index (χ2v) is 2.06. The van der Waals surface area contributed by atoms with Gasteiger partial charge in [0.25, 0.3) is 0 Å². The summed E-state index contributed by atoms with van der Waals surface area (Å²) >= 11 is 0. The maximum Gasteiger partial charge on any atom is 0.106 e. The lowest BCUT2D eigenvalue weighted by Gasteiger charge is -2.01. The van der Waals surface area contributed by atoms with Gasteiger partial charge >= 0.3 is 0 Å². The maximum absolute atomic E-state index is 7.00. The van der Waals surface area contributed by atoms with Crippen molar-refractivity contribution in [1.29, 1.82) is 0 Å². The highest BCUT2D eigenvalue weighted by atomic mass is 16.5. The van der Waals surface area contributed by atoms with Gasteiger partial charge in [0.05, 0.1) is 6.10 Å². The van der Waals surface area contributed by atoms with E-state index in [4.69, 9.17) is 15.6 Å². The summed E-state index contributed by atoms with van der Waals surface area (Å²) in [5.74, 6) is 0. The minimum atomic E-state index is 0.0231. The number of ether oxygens (including phenoxy) is 1. The molecule has 9 heavy (non-hydrogen) atoms. The van der Waals surface area contributed by atoms with Gasteiger partial charge in [-0.3, -0.25) is 0 Å². The first-order valence-corrected chi connectivity index (χ1v) is 3.15. The lowest BCUT2D eigenvalue weighted by Crippen LogP contribution is -2.18. The highest BCUT2D eigenvalue weighted by Gasteiger charge is 2.16. The van der Waals surface area contributed by atoms with Crippen molar-refractivity contribution >= 4 is 0 Å². The van der Waals surface area contributed by atoms with Crippen LogP contribution in [0.15, 0.2) is 0 Å². The molecule has 2 atom stereocenters.